The molecule has 1 aromatic heterocycles. The van der Waals surface area contributed by atoms with E-state index in [0.717, 1.165) is 18.4 Å². The molecule has 1 heterocycles. The van der Waals surface area contributed by atoms with Gasteiger partial charge in [-0.05, 0) is 67.6 Å². The molecule has 4 rings (SSSR count). The number of hydrogen-bond donors (Lipinski definition) is 2. The molecule has 35 heavy (non-hydrogen) atoms. The summed E-state index contributed by atoms with van der Waals surface area (Å²) >= 11 is 0. The Morgan fingerprint density at radius 3 is 2.06 bits per heavy atom. The van der Waals surface area contributed by atoms with Gasteiger partial charge in [0.15, 0.2) is 0 Å². The number of aromatic nitrogens is 1. The summed E-state index contributed by atoms with van der Waals surface area (Å²) in [7, 11) is 0. The molecule has 182 valence electrons. The maximum atomic E-state index is 13.2. The topological polar surface area (TPSA) is 80.3 Å². The summed E-state index contributed by atoms with van der Waals surface area (Å²) in [6.45, 7) is 3.58. The first-order valence-electron chi connectivity index (χ1n) is 11.1. The Bertz CT molecular complexity index is 1220. The van der Waals surface area contributed by atoms with Gasteiger partial charge in [0.25, 0.3) is 0 Å². The lowest BCUT2D eigenvalue weighted by Gasteiger charge is -2.24. The Kier molecular flexibility index (Phi) is 6.51. The highest BCUT2D eigenvalue weighted by Crippen LogP contribution is 2.33. The molecule has 0 unspecified atom stereocenters. The molecule has 1 aliphatic carbocycles. The van der Waals surface area contributed by atoms with Gasteiger partial charge in [-0.3, -0.25) is 9.59 Å². The third-order valence-electron chi connectivity index (χ3n) is 5.75. The van der Waals surface area contributed by atoms with Crippen molar-refractivity contribution in [2.45, 2.75) is 38.5 Å². The number of halogens is 3. The number of pyridine rings is 1. The molecule has 0 saturated heterocycles. The molecule has 3 aromatic rings. The van der Waals surface area contributed by atoms with E-state index in [2.05, 4.69) is 20.4 Å². The third kappa shape index (κ3) is 6.17. The standard InChI is InChI=1S/C26H24F3N3O3/c1-25(2,19-6-4-3-5-7-19)24(34)32-22-15-18(14-21(30-22)31-23(33)17-8-9-17)16-10-12-20(13-11-16)35-26(27,28)29/h3-7,10-15,17H,8-9H2,1-2H3,(H2,30,31,32,33,34). The van der Waals surface area contributed by atoms with Gasteiger partial charge in [0.1, 0.15) is 17.4 Å². The van der Waals surface area contributed by atoms with Crippen LogP contribution in [-0.4, -0.2) is 23.2 Å². The molecule has 0 spiro atoms. The second-order valence-corrected chi connectivity index (χ2v) is 8.91. The van der Waals surface area contributed by atoms with Crippen LogP contribution in [0.3, 0.4) is 0 Å². The Morgan fingerprint density at radius 1 is 0.886 bits per heavy atom. The van der Waals surface area contributed by atoms with Crippen molar-refractivity contribution in [3.05, 3.63) is 72.3 Å². The first kappa shape index (κ1) is 24.3. The molecule has 0 radical (unpaired) electrons. The van der Waals surface area contributed by atoms with Crippen LogP contribution in [0.2, 0.25) is 0 Å². The second-order valence-electron chi connectivity index (χ2n) is 8.91. The Balaban J connectivity index is 1.63. The van der Waals surface area contributed by atoms with Crippen LogP contribution in [0.25, 0.3) is 11.1 Å². The number of amides is 2. The second kappa shape index (κ2) is 9.40. The van der Waals surface area contributed by atoms with Gasteiger partial charge in [0.05, 0.1) is 5.41 Å². The van der Waals surface area contributed by atoms with Gasteiger partial charge in [0.2, 0.25) is 11.8 Å². The van der Waals surface area contributed by atoms with Crippen molar-refractivity contribution in [2.24, 2.45) is 5.92 Å². The fourth-order valence-electron chi connectivity index (χ4n) is 3.51. The average Bonchev–Trinajstić information content (AvgIpc) is 3.64. The predicted octanol–water partition coefficient (Wildman–Crippen LogP) is 5.91. The zero-order valence-corrected chi connectivity index (χ0v) is 19.1. The number of benzene rings is 2. The normalized spacial score (nSPS) is 13.7. The third-order valence-corrected chi connectivity index (χ3v) is 5.75. The highest BCUT2D eigenvalue weighted by molar-refractivity contribution is 5.99. The Hall–Kier alpha value is -3.88. The predicted molar refractivity (Wildman–Crippen MR) is 126 cm³/mol. The molecule has 0 bridgehead atoms. The number of carbonyl (C=O) groups excluding carboxylic acids is 2. The molecular formula is C26H24F3N3O3. The van der Waals surface area contributed by atoms with Gasteiger partial charge >= 0.3 is 6.36 Å². The van der Waals surface area contributed by atoms with E-state index in [1.54, 1.807) is 26.0 Å². The summed E-state index contributed by atoms with van der Waals surface area (Å²) in [6.07, 6.45) is -3.18. The van der Waals surface area contributed by atoms with E-state index >= 15 is 0 Å². The van der Waals surface area contributed by atoms with E-state index in [0.29, 0.717) is 11.1 Å². The van der Waals surface area contributed by atoms with Crippen LogP contribution in [0.5, 0.6) is 5.75 Å². The smallest absolute Gasteiger partial charge is 0.406 e. The lowest BCUT2D eigenvalue weighted by molar-refractivity contribution is -0.274. The lowest BCUT2D eigenvalue weighted by atomic mass is 9.84. The molecule has 0 atom stereocenters. The van der Waals surface area contributed by atoms with E-state index in [4.69, 9.17) is 0 Å². The van der Waals surface area contributed by atoms with Crippen molar-refractivity contribution in [1.29, 1.82) is 0 Å². The average molecular weight is 483 g/mol. The quantitative estimate of drug-likeness (QED) is 0.438. The van der Waals surface area contributed by atoms with Gasteiger partial charge < -0.3 is 15.4 Å². The molecule has 1 fully saturated rings. The maximum Gasteiger partial charge on any atom is 0.573 e. The number of carbonyl (C=O) groups is 2. The van der Waals surface area contributed by atoms with Crippen molar-refractivity contribution in [3.63, 3.8) is 0 Å². The van der Waals surface area contributed by atoms with Gasteiger partial charge in [-0.25, -0.2) is 4.98 Å². The highest BCUT2D eigenvalue weighted by atomic mass is 19.4. The van der Waals surface area contributed by atoms with E-state index in [1.165, 1.54) is 24.3 Å². The Morgan fingerprint density at radius 2 is 1.49 bits per heavy atom. The summed E-state index contributed by atoms with van der Waals surface area (Å²) < 4.78 is 41.4. The number of hydrogen-bond acceptors (Lipinski definition) is 4. The zero-order chi connectivity index (χ0) is 25.2. The first-order chi connectivity index (χ1) is 16.5. The van der Waals surface area contributed by atoms with Crippen molar-refractivity contribution < 1.29 is 27.5 Å². The lowest BCUT2D eigenvalue weighted by Crippen LogP contribution is -2.35. The van der Waals surface area contributed by atoms with E-state index in [9.17, 15) is 22.8 Å². The summed E-state index contributed by atoms with van der Waals surface area (Å²) in [4.78, 5) is 29.9. The molecule has 2 amide bonds. The number of anilines is 2. The number of alkyl halides is 3. The molecule has 1 aliphatic rings. The van der Waals surface area contributed by atoms with Crippen molar-refractivity contribution >= 4 is 23.5 Å². The fourth-order valence-corrected chi connectivity index (χ4v) is 3.51. The number of ether oxygens (including phenoxy) is 1. The van der Waals surface area contributed by atoms with Crippen LogP contribution < -0.4 is 15.4 Å². The summed E-state index contributed by atoms with van der Waals surface area (Å²) in [5.74, 6) is -0.432. The Labute approximate surface area is 200 Å². The van der Waals surface area contributed by atoms with Crippen LogP contribution in [0.15, 0.2) is 66.7 Å². The number of rotatable bonds is 7. The molecule has 1 saturated carbocycles. The van der Waals surface area contributed by atoms with Crippen LogP contribution >= 0.6 is 0 Å². The van der Waals surface area contributed by atoms with Crippen molar-refractivity contribution in [2.75, 3.05) is 10.6 Å². The van der Waals surface area contributed by atoms with E-state index in [1.807, 2.05) is 30.3 Å². The van der Waals surface area contributed by atoms with Gasteiger partial charge in [-0.15, -0.1) is 13.2 Å². The monoisotopic (exact) mass is 483 g/mol. The van der Waals surface area contributed by atoms with E-state index < -0.39 is 11.8 Å². The minimum atomic E-state index is -4.79. The molecular weight excluding hydrogens is 459 g/mol. The number of nitrogens with one attached hydrogen (secondary N) is 2. The molecule has 2 N–H and O–H groups in total. The summed E-state index contributed by atoms with van der Waals surface area (Å²) in [5, 5.41) is 5.58. The number of nitrogens with zero attached hydrogens (tertiary/aromatic N) is 1. The van der Waals surface area contributed by atoms with Crippen molar-refractivity contribution in [1.82, 2.24) is 4.98 Å². The van der Waals surface area contributed by atoms with Gasteiger partial charge in [-0.1, -0.05) is 42.5 Å². The molecule has 2 aromatic carbocycles. The minimum absolute atomic E-state index is 0.0608. The van der Waals surface area contributed by atoms with Crippen molar-refractivity contribution in [3.8, 4) is 16.9 Å². The highest BCUT2D eigenvalue weighted by Gasteiger charge is 2.32. The first-order valence-corrected chi connectivity index (χ1v) is 11.1. The molecule has 9 heteroatoms. The van der Waals surface area contributed by atoms with Crippen LogP contribution in [0.1, 0.15) is 32.3 Å². The maximum absolute atomic E-state index is 13.2. The van der Waals surface area contributed by atoms with Crippen LogP contribution in [-0.2, 0) is 15.0 Å². The summed E-state index contributed by atoms with van der Waals surface area (Å²) in [6, 6.07) is 17.8. The minimum Gasteiger partial charge on any atom is -0.406 e. The van der Waals surface area contributed by atoms with Crippen LogP contribution in [0, 0.1) is 5.92 Å². The summed E-state index contributed by atoms with van der Waals surface area (Å²) in [5.41, 5.74) is 1.06. The molecule has 6 nitrogen and oxygen atoms in total. The zero-order valence-electron chi connectivity index (χ0n) is 19.1. The molecule has 0 aliphatic heterocycles. The fraction of sp³-hybridized carbons (Fsp3) is 0.269. The van der Waals surface area contributed by atoms with Gasteiger partial charge in [-0.2, -0.15) is 0 Å². The van der Waals surface area contributed by atoms with Crippen LogP contribution in [0.4, 0.5) is 24.8 Å². The van der Waals surface area contributed by atoms with Gasteiger partial charge in [0, 0.05) is 5.92 Å². The van der Waals surface area contributed by atoms with E-state index in [-0.39, 0.29) is 35.1 Å². The largest absolute Gasteiger partial charge is 0.573 e. The SMILES string of the molecule is CC(C)(C(=O)Nc1cc(-c2ccc(OC(F)(F)F)cc2)cc(NC(=O)C2CC2)n1)c1ccccc1.